The molecule has 0 bridgehead atoms. The highest BCUT2D eigenvalue weighted by atomic mass is 16.4. The van der Waals surface area contributed by atoms with Gasteiger partial charge in [-0.15, -0.1) is 5.10 Å². The fourth-order valence-electron chi connectivity index (χ4n) is 3.07. The van der Waals surface area contributed by atoms with Gasteiger partial charge in [-0.05, 0) is 37.5 Å². The van der Waals surface area contributed by atoms with Crippen LogP contribution in [0.2, 0.25) is 0 Å². The zero-order chi connectivity index (χ0) is 17.1. The third-order valence-electron chi connectivity index (χ3n) is 4.22. The number of nitrogens with zero attached hydrogens (tertiary/aromatic N) is 4. The van der Waals surface area contributed by atoms with Crippen LogP contribution >= 0.6 is 0 Å². The Kier molecular flexibility index (Phi) is 4.46. The summed E-state index contributed by atoms with van der Waals surface area (Å²) in [5.41, 5.74) is 1.73. The fraction of sp³-hybridized carbons (Fsp3) is 0.278. The number of carboxylic acid groups (broad SMARTS) is 1. The average Bonchev–Trinajstić information content (AvgIpc) is 3.21. The van der Waals surface area contributed by atoms with E-state index in [4.69, 9.17) is 0 Å². The number of imidazole rings is 1. The molecule has 6 nitrogen and oxygen atoms in total. The van der Waals surface area contributed by atoms with Crippen LogP contribution in [-0.4, -0.2) is 38.3 Å². The van der Waals surface area contributed by atoms with Gasteiger partial charge in [0.25, 0.3) is 0 Å². The maximum Gasteiger partial charge on any atom is 0.356 e. The van der Waals surface area contributed by atoms with Gasteiger partial charge in [0.05, 0.1) is 12.2 Å². The van der Waals surface area contributed by atoms with Crippen LogP contribution in [0.3, 0.4) is 0 Å². The van der Waals surface area contributed by atoms with E-state index in [0.717, 1.165) is 30.8 Å². The molecule has 124 valence electrons. The number of aromatic nitrogens is 3. The Labute approximate surface area is 140 Å². The lowest BCUT2D eigenvalue weighted by Gasteiger charge is -2.26. The normalized spacial score (nSPS) is 18.6. The molecule has 24 heavy (non-hydrogen) atoms. The molecule has 1 unspecified atom stereocenters. The molecule has 3 heterocycles. The van der Waals surface area contributed by atoms with Crippen LogP contribution in [0.1, 0.15) is 30.3 Å². The van der Waals surface area contributed by atoms with E-state index < -0.39 is 5.97 Å². The largest absolute Gasteiger partial charge is 0.476 e. The number of hydrogen-bond acceptors (Lipinski definition) is 4. The molecule has 0 radical (unpaired) electrons. The first kappa shape index (κ1) is 16.0. The number of hydrogen-bond donors (Lipinski definition) is 1. The van der Waals surface area contributed by atoms with Crippen molar-refractivity contribution < 1.29 is 9.90 Å². The van der Waals surface area contributed by atoms with Gasteiger partial charge in [-0.2, -0.15) is 0 Å². The molecule has 0 saturated carbocycles. The minimum atomic E-state index is -1.04. The Morgan fingerprint density at radius 2 is 2.29 bits per heavy atom. The Morgan fingerprint density at radius 3 is 3.00 bits per heavy atom. The first-order valence-corrected chi connectivity index (χ1v) is 7.95. The fourth-order valence-corrected chi connectivity index (χ4v) is 3.07. The Bertz CT molecular complexity index is 835. The molecule has 0 amide bonds. The van der Waals surface area contributed by atoms with Crippen molar-refractivity contribution in [1.82, 2.24) is 14.6 Å². The van der Waals surface area contributed by atoms with Crippen molar-refractivity contribution in [1.29, 1.82) is 0 Å². The van der Waals surface area contributed by atoms with Crippen LogP contribution in [-0.2, 0) is 0 Å². The number of allylic oxidation sites excluding steroid dienone is 3. The Balaban J connectivity index is 2.00. The van der Waals surface area contributed by atoms with Crippen LogP contribution in [0.4, 0.5) is 5.82 Å². The van der Waals surface area contributed by atoms with E-state index in [1.807, 2.05) is 31.2 Å². The highest BCUT2D eigenvalue weighted by molar-refractivity contribution is 5.86. The van der Waals surface area contributed by atoms with Gasteiger partial charge < -0.3 is 10.0 Å². The molecule has 0 aliphatic carbocycles. The van der Waals surface area contributed by atoms with E-state index in [1.165, 1.54) is 10.7 Å². The van der Waals surface area contributed by atoms with Gasteiger partial charge >= 0.3 is 5.97 Å². The summed E-state index contributed by atoms with van der Waals surface area (Å²) in [6, 6.07) is 3.89. The summed E-state index contributed by atoms with van der Waals surface area (Å²) >= 11 is 0. The molecule has 1 N–H and O–H groups in total. The molecule has 1 aliphatic rings. The molecule has 0 spiro atoms. The third kappa shape index (κ3) is 2.82. The molecule has 2 aromatic heterocycles. The second kappa shape index (κ2) is 6.70. The first-order valence-electron chi connectivity index (χ1n) is 7.95. The van der Waals surface area contributed by atoms with Gasteiger partial charge in [-0.3, -0.25) is 0 Å². The van der Waals surface area contributed by atoms with Gasteiger partial charge in [-0.1, -0.05) is 30.9 Å². The van der Waals surface area contributed by atoms with Gasteiger partial charge in [-0.25, -0.2) is 14.3 Å². The highest BCUT2D eigenvalue weighted by Crippen LogP contribution is 2.29. The molecule has 1 saturated heterocycles. The molecular weight excluding hydrogens is 304 g/mol. The SMILES string of the molecule is C=C/C(=C\C=C/C)C1CCCN1c1ccc2ncc(C(=O)O)n2n1. The zero-order valence-corrected chi connectivity index (χ0v) is 13.6. The van der Waals surface area contributed by atoms with Crippen molar-refractivity contribution in [3.8, 4) is 0 Å². The Morgan fingerprint density at radius 1 is 1.46 bits per heavy atom. The lowest BCUT2D eigenvalue weighted by Crippen LogP contribution is -2.31. The molecular formula is C18H20N4O2. The van der Waals surface area contributed by atoms with E-state index in [2.05, 4.69) is 27.6 Å². The molecule has 0 aromatic carbocycles. The summed E-state index contributed by atoms with van der Waals surface area (Å²) in [4.78, 5) is 17.6. The lowest BCUT2D eigenvalue weighted by molar-refractivity contribution is 0.0688. The number of carbonyl (C=O) groups is 1. The standard InChI is InChI=1S/C18H20N4O2/c1-3-5-7-13(4-2)14-8-6-11-21(14)17-10-9-16-19-12-15(18(23)24)22(16)20-17/h3-5,7,9-10,12,14H,2,6,8,11H2,1H3,(H,23,24)/b5-3-,13-7+. The van der Waals surface area contributed by atoms with Crippen LogP contribution in [0, 0.1) is 0 Å². The maximum atomic E-state index is 11.3. The summed E-state index contributed by atoms with van der Waals surface area (Å²) < 4.78 is 1.39. The predicted octanol–water partition coefficient (Wildman–Crippen LogP) is 3.08. The number of carboxylic acids is 1. The van der Waals surface area contributed by atoms with Gasteiger partial charge in [0.2, 0.25) is 0 Å². The van der Waals surface area contributed by atoms with Crippen LogP contribution in [0.5, 0.6) is 0 Å². The van der Waals surface area contributed by atoms with E-state index in [-0.39, 0.29) is 11.7 Å². The van der Waals surface area contributed by atoms with Crippen molar-refractivity contribution in [2.24, 2.45) is 0 Å². The topological polar surface area (TPSA) is 70.7 Å². The van der Waals surface area contributed by atoms with Crippen LogP contribution in [0.15, 0.2) is 54.8 Å². The maximum absolute atomic E-state index is 11.3. The van der Waals surface area contributed by atoms with E-state index in [0.29, 0.717) is 5.65 Å². The van der Waals surface area contributed by atoms with E-state index >= 15 is 0 Å². The highest BCUT2D eigenvalue weighted by Gasteiger charge is 2.28. The third-order valence-corrected chi connectivity index (χ3v) is 4.22. The van der Waals surface area contributed by atoms with Gasteiger partial charge in [0.1, 0.15) is 5.82 Å². The average molecular weight is 324 g/mol. The van der Waals surface area contributed by atoms with Crippen LogP contribution < -0.4 is 4.90 Å². The van der Waals surface area contributed by atoms with Gasteiger partial charge in [0, 0.05) is 6.54 Å². The van der Waals surface area contributed by atoms with E-state index in [9.17, 15) is 9.90 Å². The molecule has 6 heteroatoms. The molecule has 2 aromatic rings. The van der Waals surface area contributed by atoms with Gasteiger partial charge in [0.15, 0.2) is 11.3 Å². The summed E-state index contributed by atoms with van der Waals surface area (Å²) in [5, 5.41) is 13.8. The number of aromatic carboxylic acids is 1. The number of fused-ring (bicyclic) bond motifs is 1. The minimum absolute atomic E-state index is 0.0657. The monoisotopic (exact) mass is 324 g/mol. The molecule has 1 aliphatic heterocycles. The van der Waals surface area contributed by atoms with Crippen molar-refractivity contribution in [2.75, 3.05) is 11.4 Å². The lowest BCUT2D eigenvalue weighted by atomic mass is 10.0. The van der Waals surface area contributed by atoms with Crippen molar-refractivity contribution in [2.45, 2.75) is 25.8 Å². The summed E-state index contributed by atoms with van der Waals surface area (Å²) in [6.45, 7) is 6.78. The zero-order valence-electron chi connectivity index (χ0n) is 13.6. The van der Waals surface area contributed by atoms with Crippen molar-refractivity contribution in [3.63, 3.8) is 0 Å². The summed E-state index contributed by atoms with van der Waals surface area (Å²) in [5.74, 6) is -0.288. The predicted molar refractivity (Wildman–Crippen MR) is 93.4 cm³/mol. The second-order valence-corrected chi connectivity index (χ2v) is 5.66. The van der Waals surface area contributed by atoms with Crippen molar-refractivity contribution in [3.05, 3.63) is 60.5 Å². The Hall–Kier alpha value is -2.89. The minimum Gasteiger partial charge on any atom is -0.476 e. The molecule has 1 fully saturated rings. The summed E-state index contributed by atoms with van der Waals surface area (Å²) in [6.07, 6.45) is 11.3. The second-order valence-electron chi connectivity index (χ2n) is 5.66. The number of anilines is 1. The molecule has 1 atom stereocenters. The number of rotatable bonds is 5. The van der Waals surface area contributed by atoms with E-state index in [1.54, 1.807) is 6.07 Å². The smallest absolute Gasteiger partial charge is 0.356 e. The first-order chi connectivity index (χ1) is 11.7. The van der Waals surface area contributed by atoms with Crippen LogP contribution in [0.25, 0.3) is 5.65 Å². The summed E-state index contributed by atoms with van der Waals surface area (Å²) in [7, 11) is 0. The van der Waals surface area contributed by atoms with Crippen molar-refractivity contribution >= 4 is 17.4 Å². The molecule has 3 rings (SSSR count). The quantitative estimate of drug-likeness (QED) is 0.856.